The smallest absolute Gasteiger partial charge is 0.317 e. The van der Waals surface area contributed by atoms with Crippen molar-refractivity contribution in [3.05, 3.63) is 59.7 Å². The molecule has 0 unspecified atom stereocenters. The summed E-state index contributed by atoms with van der Waals surface area (Å²) in [5.41, 5.74) is 3.22. The zero-order valence-corrected chi connectivity index (χ0v) is 17.7. The molecule has 0 saturated carbocycles. The maximum Gasteiger partial charge on any atom is 0.317 e. The molecule has 156 valence electrons. The summed E-state index contributed by atoms with van der Waals surface area (Å²) in [7, 11) is 0. The summed E-state index contributed by atoms with van der Waals surface area (Å²) in [6.45, 7) is 4.64. The van der Waals surface area contributed by atoms with Crippen LogP contribution < -0.4 is 5.32 Å². The van der Waals surface area contributed by atoms with Crippen molar-refractivity contribution in [2.45, 2.75) is 17.9 Å². The van der Waals surface area contributed by atoms with Crippen molar-refractivity contribution in [2.24, 2.45) is 0 Å². The third-order valence-electron chi connectivity index (χ3n) is 5.06. The molecule has 3 aromatic rings. The molecule has 8 heteroatoms. The molecule has 1 fully saturated rings. The summed E-state index contributed by atoms with van der Waals surface area (Å²) >= 11 is 1.48. The van der Waals surface area contributed by atoms with E-state index in [1.54, 1.807) is 4.90 Å². The summed E-state index contributed by atoms with van der Waals surface area (Å²) in [6, 6.07) is 15.2. The lowest BCUT2D eigenvalue weighted by molar-refractivity contribution is 0.0664. The molecule has 1 aromatic heterocycles. The number of benzene rings is 2. The first-order valence-electron chi connectivity index (χ1n) is 10.0. The molecule has 7 nitrogen and oxygen atoms in total. The Morgan fingerprint density at radius 2 is 1.73 bits per heavy atom. The SMILES string of the molecule is CCNC(=O)N1CCN(C(=O)c2ccccc2CSc2nc3ccccc3o2)CC1. The van der Waals surface area contributed by atoms with Crippen LogP contribution >= 0.6 is 11.8 Å². The monoisotopic (exact) mass is 424 g/mol. The first-order chi connectivity index (χ1) is 14.7. The van der Waals surface area contributed by atoms with Gasteiger partial charge in [-0.3, -0.25) is 4.79 Å². The van der Waals surface area contributed by atoms with E-state index in [4.69, 9.17) is 4.42 Å². The number of carbonyl (C=O) groups excluding carboxylic acids is 2. The minimum atomic E-state index is -0.0697. The van der Waals surface area contributed by atoms with E-state index in [1.165, 1.54) is 11.8 Å². The molecule has 0 radical (unpaired) electrons. The van der Waals surface area contributed by atoms with Crippen molar-refractivity contribution in [1.82, 2.24) is 20.1 Å². The molecule has 4 rings (SSSR count). The van der Waals surface area contributed by atoms with Crippen molar-refractivity contribution < 1.29 is 14.0 Å². The lowest BCUT2D eigenvalue weighted by Crippen LogP contribution is -2.53. The standard InChI is InChI=1S/C22H24N4O3S/c1-2-23-21(28)26-13-11-25(12-14-26)20(27)17-8-4-3-7-16(17)15-30-22-24-18-9-5-6-10-19(18)29-22/h3-10H,2,11-15H2,1H3,(H,23,28). The Kier molecular flexibility index (Phi) is 6.23. The van der Waals surface area contributed by atoms with Gasteiger partial charge in [0.15, 0.2) is 5.58 Å². The summed E-state index contributed by atoms with van der Waals surface area (Å²) in [6.07, 6.45) is 0. The molecule has 0 aliphatic carbocycles. The number of hydrogen-bond acceptors (Lipinski definition) is 5. The fourth-order valence-electron chi connectivity index (χ4n) is 3.45. The maximum absolute atomic E-state index is 13.1. The molecule has 0 atom stereocenters. The summed E-state index contributed by atoms with van der Waals surface area (Å²) in [5.74, 6) is 0.590. The van der Waals surface area contributed by atoms with E-state index >= 15 is 0 Å². The lowest BCUT2D eigenvalue weighted by atomic mass is 10.1. The predicted octanol–water partition coefficient (Wildman–Crippen LogP) is 3.61. The lowest BCUT2D eigenvalue weighted by Gasteiger charge is -2.35. The average molecular weight is 425 g/mol. The van der Waals surface area contributed by atoms with Crippen molar-refractivity contribution >= 4 is 34.8 Å². The molecule has 1 saturated heterocycles. The number of thioether (sulfide) groups is 1. The van der Waals surface area contributed by atoms with Gasteiger partial charge in [0.05, 0.1) is 0 Å². The van der Waals surface area contributed by atoms with Gasteiger partial charge in [0.25, 0.3) is 11.1 Å². The normalized spacial score (nSPS) is 14.2. The number of nitrogens with zero attached hydrogens (tertiary/aromatic N) is 3. The summed E-state index contributed by atoms with van der Waals surface area (Å²) in [5, 5.41) is 3.40. The number of rotatable bonds is 5. The van der Waals surface area contributed by atoms with Crippen LogP contribution in [0, 0.1) is 0 Å². The highest BCUT2D eigenvalue weighted by molar-refractivity contribution is 7.98. The number of nitrogens with one attached hydrogen (secondary N) is 1. The number of piperazine rings is 1. The van der Waals surface area contributed by atoms with Gasteiger partial charge in [0, 0.05) is 44.0 Å². The van der Waals surface area contributed by atoms with Crippen LogP contribution in [-0.2, 0) is 5.75 Å². The van der Waals surface area contributed by atoms with Crippen LogP contribution in [0.3, 0.4) is 0 Å². The molecule has 3 amide bonds. The van der Waals surface area contributed by atoms with Crippen LogP contribution in [0.25, 0.3) is 11.1 Å². The Morgan fingerprint density at radius 1 is 1.03 bits per heavy atom. The van der Waals surface area contributed by atoms with Gasteiger partial charge >= 0.3 is 6.03 Å². The van der Waals surface area contributed by atoms with E-state index in [9.17, 15) is 9.59 Å². The van der Waals surface area contributed by atoms with Crippen LogP contribution in [0.5, 0.6) is 0 Å². The number of aromatic nitrogens is 1. The summed E-state index contributed by atoms with van der Waals surface area (Å²) < 4.78 is 5.77. The zero-order chi connectivity index (χ0) is 20.9. The summed E-state index contributed by atoms with van der Waals surface area (Å²) in [4.78, 5) is 33.2. The minimum Gasteiger partial charge on any atom is -0.431 e. The number of fused-ring (bicyclic) bond motifs is 1. The third kappa shape index (κ3) is 4.43. The van der Waals surface area contributed by atoms with Crippen LogP contribution in [0.15, 0.2) is 58.2 Å². The fraction of sp³-hybridized carbons (Fsp3) is 0.318. The number of oxazole rings is 1. The topological polar surface area (TPSA) is 78.7 Å². The van der Waals surface area contributed by atoms with Gasteiger partial charge in [-0.2, -0.15) is 0 Å². The average Bonchev–Trinajstić information content (AvgIpc) is 3.21. The van der Waals surface area contributed by atoms with E-state index in [-0.39, 0.29) is 11.9 Å². The number of para-hydroxylation sites is 2. The number of urea groups is 1. The highest BCUT2D eigenvalue weighted by Crippen LogP contribution is 2.27. The van der Waals surface area contributed by atoms with Gasteiger partial charge in [0.2, 0.25) is 0 Å². The second-order valence-corrected chi connectivity index (χ2v) is 7.93. The Bertz CT molecular complexity index is 1010. The minimum absolute atomic E-state index is 0.000634. The van der Waals surface area contributed by atoms with Crippen molar-refractivity contribution in [1.29, 1.82) is 0 Å². The van der Waals surface area contributed by atoms with Crippen molar-refractivity contribution in [3.8, 4) is 0 Å². The van der Waals surface area contributed by atoms with Gasteiger partial charge in [-0.05, 0) is 30.7 Å². The highest BCUT2D eigenvalue weighted by atomic mass is 32.2. The van der Waals surface area contributed by atoms with Crippen LogP contribution in [0.4, 0.5) is 4.79 Å². The molecular weight excluding hydrogens is 400 g/mol. The Labute approximate surface area is 179 Å². The highest BCUT2D eigenvalue weighted by Gasteiger charge is 2.25. The second-order valence-electron chi connectivity index (χ2n) is 7.01. The molecule has 30 heavy (non-hydrogen) atoms. The molecule has 0 spiro atoms. The van der Waals surface area contributed by atoms with E-state index < -0.39 is 0 Å². The Hall–Kier alpha value is -3.00. The Morgan fingerprint density at radius 3 is 2.50 bits per heavy atom. The van der Waals surface area contributed by atoms with Crippen molar-refractivity contribution in [2.75, 3.05) is 32.7 Å². The second kappa shape index (κ2) is 9.21. The number of amides is 3. The molecular formula is C22H24N4O3S. The molecule has 1 aliphatic heterocycles. The van der Waals surface area contributed by atoms with Crippen LogP contribution in [0.2, 0.25) is 0 Å². The van der Waals surface area contributed by atoms with Crippen LogP contribution in [-0.4, -0.2) is 59.4 Å². The molecule has 1 aliphatic rings. The van der Waals surface area contributed by atoms with E-state index in [0.29, 0.717) is 49.3 Å². The van der Waals surface area contributed by atoms with E-state index in [2.05, 4.69) is 10.3 Å². The van der Waals surface area contributed by atoms with Gasteiger partial charge in [-0.15, -0.1) is 0 Å². The van der Waals surface area contributed by atoms with E-state index in [1.807, 2.05) is 60.4 Å². The molecule has 2 aromatic carbocycles. The van der Waals surface area contributed by atoms with Crippen LogP contribution in [0.1, 0.15) is 22.8 Å². The van der Waals surface area contributed by atoms with E-state index in [0.717, 1.165) is 16.7 Å². The zero-order valence-electron chi connectivity index (χ0n) is 16.8. The third-order valence-corrected chi connectivity index (χ3v) is 5.93. The number of hydrogen-bond donors (Lipinski definition) is 1. The van der Waals surface area contributed by atoms with Gasteiger partial charge in [-0.1, -0.05) is 42.1 Å². The first-order valence-corrected chi connectivity index (χ1v) is 11.0. The quantitative estimate of drug-likeness (QED) is 0.633. The Balaban J connectivity index is 1.41. The molecule has 2 heterocycles. The van der Waals surface area contributed by atoms with Crippen molar-refractivity contribution in [3.63, 3.8) is 0 Å². The first kappa shape index (κ1) is 20.3. The number of carbonyl (C=O) groups is 2. The largest absolute Gasteiger partial charge is 0.431 e. The van der Waals surface area contributed by atoms with Gasteiger partial charge < -0.3 is 19.5 Å². The van der Waals surface area contributed by atoms with Gasteiger partial charge in [0.1, 0.15) is 5.52 Å². The molecule has 1 N–H and O–H groups in total. The molecule has 0 bridgehead atoms. The van der Waals surface area contributed by atoms with Gasteiger partial charge in [-0.25, -0.2) is 9.78 Å². The predicted molar refractivity (Wildman–Crippen MR) is 117 cm³/mol. The fourth-order valence-corrected chi connectivity index (χ4v) is 4.30. The maximum atomic E-state index is 13.1.